The van der Waals surface area contributed by atoms with Gasteiger partial charge in [0.05, 0.1) is 30.9 Å². The number of morpholine rings is 1. The highest BCUT2D eigenvalue weighted by atomic mass is 19.4. The smallest absolute Gasteiger partial charge is 0.406 e. The molecule has 2 aromatic carbocycles. The van der Waals surface area contributed by atoms with Crippen molar-refractivity contribution in [3.05, 3.63) is 77.9 Å². The quantitative estimate of drug-likeness (QED) is 0.437. The summed E-state index contributed by atoms with van der Waals surface area (Å²) < 4.78 is 76.1. The Labute approximate surface area is 215 Å². The maximum Gasteiger partial charge on any atom is 0.573 e. The van der Waals surface area contributed by atoms with Gasteiger partial charge in [-0.25, -0.2) is 18.6 Å². The number of hydrogen-bond donors (Lipinski definition) is 0. The number of aromatic nitrogens is 2. The lowest BCUT2D eigenvalue weighted by atomic mass is 9.83. The molecule has 3 heterocycles. The summed E-state index contributed by atoms with van der Waals surface area (Å²) in [6, 6.07) is 8.67. The van der Waals surface area contributed by atoms with Gasteiger partial charge in [-0.2, -0.15) is 0 Å². The minimum absolute atomic E-state index is 0.147. The van der Waals surface area contributed by atoms with Crippen LogP contribution in [0.5, 0.6) is 5.75 Å². The molecule has 0 bridgehead atoms. The molecular formula is C26H25F5N4O3. The van der Waals surface area contributed by atoms with Crippen molar-refractivity contribution < 1.29 is 36.2 Å². The van der Waals surface area contributed by atoms with Gasteiger partial charge in [0, 0.05) is 50.3 Å². The summed E-state index contributed by atoms with van der Waals surface area (Å²) in [5.74, 6) is -2.16. The molecule has 2 atom stereocenters. The third-order valence-corrected chi connectivity index (χ3v) is 6.75. The fourth-order valence-corrected chi connectivity index (χ4v) is 4.99. The van der Waals surface area contributed by atoms with Crippen molar-refractivity contribution in [1.29, 1.82) is 0 Å². The molecule has 2 fully saturated rings. The molecule has 5 rings (SSSR count). The van der Waals surface area contributed by atoms with Crippen LogP contribution >= 0.6 is 0 Å². The van der Waals surface area contributed by atoms with Gasteiger partial charge in [0.15, 0.2) is 0 Å². The van der Waals surface area contributed by atoms with E-state index in [1.165, 1.54) is 35.2 Å². The van der Waals surface area contributed by atoms with E-state index >= 15 is 0 Å². The molecule has 0 aliphatic carbocycles. The number of benzene rings is 2. The van der Waals surface area contributed by atoms with E-state index in [4.69, 9.17) is 4.74 Å². The Bertz CT molecular complexity index is 1250. The third kappa shape index (κ3) is 6.07. The Morgan fingerprint density at radius 3 is 2.26 bits per heavy atom. The highest BCUT2D eigenvalue weighted by Gasteiger charge is 2.35. The van der Waals surface area contributed by atoms with Crippen LogP contribution in [-0.2, 0) is 4.74 Å². The monoisotopic (exact) mass is 536 g/mol. The van der Waals surface area contributed by atoms with Gasteiger partial charge < -0.3 is 23.8 Å². The van der Waals surface area contributed by atoms with Crippen LogP contribution in [0.25, 0.3) is 5.69 Å². The number of hydrogen-bond acceptors (Lipinski definition) is 4. The van der Waals surface area contributed by atoms with Crippen LogP contribution in [0.4, 0.5) is 26.7 Å². The molecule has 3 aromatic rings. The average molecular weight is 537 g/mol. The Morgan fingerprint density at radius 2 is 1.61 bits per heavy atom. The number of urea groups is 1. The molecule has 202 valence electrons. The van der Waals surface area contributed by atoms with E-state index in [0.717, 1.165) is 11.6 Å². The van der Waals surface area contributed by atoms with Gasteiger partial charge in [-0.15, -0.1) is 13.2 Å². The first-order valence-corrected chi connectivity index (χ1v) is 12.1. The molecule has 0 spiro atoms. The largest absolute Gasteiger partial charge is 0.573 e. The topological polar surface area (TPSA) is 59.8 Å². The summed E-state index contributed by atoms with van der Waals surface area (Å²) in [6.07, 6.45) is -1.08. The fraction of sp³-hybridized carbons (Fsp3) is 0.385. The number of imidazole rings is 1. The van der Waals surface area contributed by atoms with E-state index in [-0.39, 0.29) is 29.3 Å². The Morgan fingerprint density at radius 1 is 0.947 bits per heavy atom. The maximum atomic E-state index is 13.7. The van der Waals surface area contributed by atoms with Crippen molar-refractivity contribution in [3.63, 3.8) is 0 Å². The van der Waals surface area contributed by atoms with Crippen LogP contribution in [-0.4, -0.2) is 71.1 Å². The highest BCUT2D eigenvalue weighted by molar-refractivity contribution is 5.75. The predicted octanol–water partition coefficient (Wildman–Crippen LogP) is 5.07. The molecule has 0 N–H and O–H groups in total. The zero-order valence-electron chi connectivity index (χ0n) is 20.2. The number of likely N-dealkylation sites (tertiary alicyclic amines) is 1. The number of carbonyl (C=O) groups is 1. The summed E-state index contributed by atoms with van der Waals surface area (Å²) in [4.78, 5) is 21.3. The van der Waals surface area contributed by atoms with Crippen molar-refractivity contribution in [3.8, 4) is 11.4 Å². The first-order chi connectivity index (χ1) is 18.1. The molecular weight excluding hydrogens is 511 g/mol. The number of piperidine rings is 1. The Hall–Kier alpha value is -3.67. The van der Waals surface area contributed by atoms with Crippen molar-refractivity contribution >= 4 is 6.03 Å². The van der Waals surface area contributed by atoms with Crippen LogP contribution in [0.2, 0.25) is 0 Å². The zero-order valence-corrected chi connectivity index (χ0v) is 20.2. The molecule has 38 heavy (non-hydrogen) atoms. The lowest BCUT2D eigenvalue weighted by Crippen LogP contribution is -2.52. The standard InChI is InChI=1S/C26H25F5N4O3/c27-20-10-21(28)12-22(11-20)35-15-24(32-16-35)19-9-18(17-1-3-23(4-2-17)38-26(29,30)31)13-34(14-19)25(36)33-5-7-37-8-6-33/h1-4,10-12,15-16,18-19H,5-9,13-14H2. The van der Waals surface area contributed by atoms with Crippen molar-refractivity contribution in [2.45, 2.75) is 24.6 Å². The highest BCUT2D eigenvalue weighted by Crippen LogP contribution is 2.37. The molecule has 2 aliphatic heterocycles. The van der Waals surface area contributed by atoms with E-state index in [9.17, 15) is 26.7 Å². The molecule has 2 saturated heterocycles. The normalized spacial score (nSPS) is 20.4. The van der Waals surface area contributed by atoms with Crippen LogP contribution in [0.15, 0.2) is 55.0 Å². The Balaban J connectivity index is 1.40. The lowest BCUT2D eigenvalue weighted by Gasteiger charge is -2.40. The number of halogens is 5. The second-order valence-electron chi connectivity index (χ2n) is 9.37. The average Bonchev–Trinajstić information content (AvgIpc) is 3.38. The predicted molar refractivity (Wildman–Crippen MR) is 126 cm³/mol. The van der Waals surface area contributed by atoms with E-state index in [1.807, 2.05) is 0 Å². The van der Waals surface area contributed by atoms with Crippen LogP contribution in [0.1, 0.15) is 29.5 Å². The van der Waals surface area contributed by atoms with Crippen LogP contribution in [0, 0.1) is 11.6 Å². The second kappa shape index (κ2) is 10.6. The number of carbonyl (C=O) groups excluding carboxylic acids is 1. The minimum atomic E-state index is -4.79. The molecule has 2 unspecified atom stereocenters. The van der Waals surface area contributed by atoms with Crippen LogP contribution in [0.3, 0.4) is 0 Å². The van der Waals surface area contributed by atoms with E-state index < -0.39 is 18.0 Å². The van der Waals surface area contributed by atoms with Crippen molar-refractivity contribution in [2.75, 3.05) is 39.4 Å². The molecule has 0 saturated carbocycles. The summed E-state index contributed by atoms with van der Waals surface area (Å²) in [5.41, 5.74) is 1.67. The number of rotatable bonds is 4. The number of alkyl halides is 3. The summed E-state index contributed by atoms with van der Waals surface area (Å²) in [5, 5.41) is 0. The summed E-state index contributed by atoms with van der Waals surface area (Å²) in [7, 11) is 0. The minimum Gasteiger partial charge on any atom is -0.406 e. The van der Waals surface area contributed by atoms with Gasteiger partial charge in [0.2, 0.25) is 0 Å². The fourth-order valence-electron chi connectivity index (χ4n) is 4.99. The number of ether oxygens (including phenoxy) is 2. The summed E-state index contributed by atoms with van der Waals surface area (Å²) >= 11 is 0. The van der Waals surface area contributed by atoms with Gasteiger partial charge in [-0.1, -0.05) is 12.1 Å². The van der Waals surface area contributed by atoms with Crippen LogP contribution < -0.4 is 4.74 Å². The SMILES string of the molecule is O=C(N1CCOCC1)N1CC(c2ccc(OC(F)(F)F)cc2)CC(c2cn(-c3cc(F)cc(F)c3)cn2)C1. The van der Waals surface area contributed by atoms with Gasteiger partial charge in [-0.3, -0.25) is 0 Å². The first-order valence-electron chi connectivity index (χ1n) is 12.1. The van der Waals surface area contributed by atoms with Crippen molar-refractivity contribution in [1.82, 2.24) is 19.4 Å². The Kier molecular flexibility index (Phi) is 7.24. The third-order valence-electron chi connectivity index (χ3n) is 6.75. The molecule has 7 nitrogen and oxygen atoms in total. The van der Waals surface area contributed by atoms with Gasteiger partial charge in [0.25, 0.3) is 0 Å². The summed E-state index contributed by atoms with van der Waals surface area (Å²) in [6.45, 7) is 2.57. The van der Waals surface area contributed by atoms with E-state index in [0.29, 0.717) is 51.5 Å². The maximum absolute atomic E-state index is 13.7. The first kappa shape index (κ1) is 26.0. The molecule has 12 heteroatoms. The molecule has 1 aromatic heterocycles. The van der Waals surface area contributed by atoms with Gasteiger partial charge in [-0.05, 0) is 36.2 Å². The molecule has 2 aliphatic rings. The molecule has 2 amide bonds. The van der Waals surface area contributed by atoms with Gasteiger partial charge in [0.1, 0.15) is 17.4 Å². The van der Waals surface area contributed by atoms with E-state index in [1.54, 1.807) is 28.1 Å². The van der Waals surface area contributed by atoms with E-state index in [2.05, 4.69) is 9.72 Å². The number of nitrogens with zero attached hydrogens (tertiary/aromatic N) is 4. The lowest BCUT2D eigenvalue weighted by molar-refractivity contribution is -0.274. The second-order valence-corrected chi connectivity index (χ2v) is 9.37. The number of amides is 2. The van der Waals surface area contributed by atoms with Gasteiger partial charge >= 0.3 is 12.4 Å². The zero-order chi connectivity index (χ0) is 26.9. The molecule has 0 radical (unpaired) electrons. The van der Waals surface area contributed by atoms with Crippen molar-refractivity contribution in [2.24, 2.45) is 0 Å².